The van der Waals surface area contributed by atoms with Crippen molar-refractivity contribution >= 4 is 17.1 Å². The number of imidazole rings is 1. The van der Waals surface area contributed by atoms with Gasteiger partial charge in [-0.15, -0.1) is 0 Å². The van der Waals surface area contributed by atoms with Gasteiger partial charge in [-0.3, -0.25) is 0 Å². The predicted molar refractivity (Wildman–Crippen MR) is 62.1 cm³/mol. The lowest BCUT2D eigenvalue weighted by Gasteiger charge is -2.09. The van der Waals surface area contributed by atoms with E-state index in [1.165, 1.54) is 7.05 Å². The van der Waals surface area contributed by atoms with Gasteiger partial charge >= 0.3 is 6.09 Å². The van der Waals surface area contributed by atoms with Crippen LogP contribution in [0.5, 0.6) is 5.75 Å². The zero-order valence-electron chi connectivity index (χ0n) is 9.60. The Morgan fingerprint density at radius 2 is 2.35 bits per heavy atom. The number of ether oxygens (including phenoxy) is 1. The van der Waals surface area contributed by atoms with E-state index in [2.05, 4.69) is 9.97 Å². The number of rotatable bonds is 3. The fourth-order valence-corrected chi connectivity index (χ4v) is 1.54. The number of nitrogens with zero attached hydrogens (tertiary/aromatic N) is 2. The van der Waals surface area contributed by atoms with Crippen LogP contribution in [0, 0.1) is 0 Å². The van der Waals surface area contributed by atoms with E-state index in [1.54, 1.807) is 7.11 Å². The van der Waals surface area contributed by atoms with Crippen molar-refractivity contribution in [2.45, 2.75) is 6.54 Å². The summed E-state index contributed by atoms with van der Waals surface area (Å²) in [5, 5.41) is 8.76. The summed E-state index contributed by atoms with van der Waals surface area (Å²) in [5.74, 6) is 1.34. The first-order chi connectivity index (χ1) is 8.10. The largest absolute Gasteiger partial charge is 0.497 e. The van der Waals surface area contributed by atoms with Gasteiger partial charge in [0.05, 0.1) is 24.7 Å². The quantitative estimate of drug-likeness (QED) is 0.848. The summed E-state index contributed by atoms with van der Waals surface area (Å²) < 4.78 is 5.10. The Bertz CT molecular complexity index is 550. The molecule has 90 valence electrons. The van der Waals surface area contributed by atoms with Gasteiger partial charge in [0.1, 0.15) is 11.6 Å². The number of hydrogen-bond donors (Lipinski definition) is 2. The Kier molecular flexibility index (Phi) is 2.86. The molecular formula is C11H13N3O3. The van der Waals surface area contributed by atoms with Crippen LogP contribution in [0.15, 0.2) is 18.2 Å². The molecule has 0 atom stereocenters. The van der Waals surface area contributed by atoms with Gasteiger partial charge in [0, 0.05) is 13.1 Å². The molecule has 17 heavy (non-hydrogen) atoms. The van der Waals surface area contributed by atoms with Crippen molar-refractivity contribution in [3.05, 3.63) is 24.0 Å². The SMILES string of the molecule is COc1ccc2nc(CN(C)C(=O)O)[nH]c2c1. The van der Waals surface area contributed by atoms with Gasteiger partial charge in [0.15, 0.2) is 0 Å². The van der Waals surface area contributed by atoms with Crippen molar-refractivity contribution < 1.29 is 14.6 Å². The Morgan fingerprint density at radius 1 is 1.59 bits per heavy atom. The summed E-state index contributed by atoms with van der Waals surface area (Å²) in [6.07, 6.45) is -0.983. The molecule has 0 aliphatic heterocycles. The van der Waals surface area contributed by atoms with E-state index >= 15 is 0 Å². The molecule has 1 aromatic carbocycles. The molecule has 0 unspecified atom stereocenters. The van der Waals surface area contributed by atoms with Gasteiger partial charge in [-0.2, -0.15) is 0 Å². The van der Waals surface area contributed by atoms with E-state index in [9.17, 15) is 4.79 Å². The minimum absolute atomic E-state index is 0.229. The number of carbonyl (C=O) groups is 1. The Hall–Kier alpha value is -2.24. The van der Waals surface area contributed by atoms with Crippen molar-refractivity contribution in [3.8, 4) is 5.75 Å². The molecule has 0 radical (unpaired) electrons. The summed E-state index contributed by atoms with van der Waals surface area (Å²) in [6.45, 7) is 0.229. The van der Waals surface area contributed by atoms with E-state index < -0.39 is 6.09 Å². The molecule has 2 aromatic rings. The fraction of sp³-hybridized carbons (Fsp3) is 0.273. The highest BCUT2D eigenvalue weighted by atomic mass is 16.5. The number of benzene rings is 1. The van der Waals surface area contributed by atoms with Crippen LogP contribution < -0.4 is 4.74 Å². The van der Waals surface area contributed by atoms with Crippen molar-refractivity contribution in [1.82, 2.24) is 14.9 Å². The Balaban J connectivity index is 2.28. The summed E-state index contributed by atoms with van der Waals surface area (Å²) in [4.78, 5) is 19.2. The summed E-state index contributed by atoms with van der Waals surface area (Å²) >= 11 is 0. The second kappa shape index (κ2) is 4.32. The molecule has 0 spiro atoms. The van der Waals surface area contributed by atoms with Crippen molar-refractivity contribution in [1.29, 1.82) is 0 Å². The highest BCUT2D eigenvalue weighted by Crippen LogP contribution is 2.18. The minimum Gasteiger partial charge on any atom is -0.497 e. The van der Waals surface area contributed by atoms with Crippen LogP contribution in [-0.2, 0) is 6.54 Å². The maximum Gasteiger partial charge on any atom is 0.407 e. The molecule has 0 fully saturated rings. The van der Waals surface area contributed by atoms with Crippen molar-refractivity contribution in [3.63, 3.8) is 0 Å². The van der Waals surface area contributed by atoms with Crippen LogP contribution in [0.25, 0.3) is 11.0 Å². The number of aromatic nitrogens is 2. The zero-order chi connectivity index (χ0) is 12.4. The molecule has 0 aliphatic carbocycles. The zero-order valence-corrected chi connectivity index (χ0v) is 9.60. The number of nitrogens with one attached hydrogen (secondary N) is 1. The maximum atomic E-state index is 10.7. The van der Waals surface area contributed by atoms with Crippen LogP contribution >= 0.6 is 0 Å². The minimum atomic E-state index is -0.983. The van der Waals surface area contributed by atoms with Crippen LogP contribution in [0.2, 0.25) is 0 Å². The van der Waals surface area contributed by atoms with E-state index in [0.29, 0.717) is 5.82 Å². The lowest BCUT2D eigenvalue weighted by Crippen LogP contribution is -2.24. The first-order valence-electron chi connectivity index (χ1n) is 5.07. The van der Waals surface area contributed by atoms with Gasteiger partial charge in [-0.25, -0.2) is 9.78 Å². The third-order valence-corrected chi connectivity index (χ3v) is 2.45. The number of fused-ring (bicyclic) bond motifs is 1. The average molecular weight is 235 g/mol. The fourth-order valence-electron chi connectivity index (χ4n) is 1.54. The van der Waals surface area contributed by atoms with Gasteiger partial charge in [0.2, 0.25) is 0 Å². The standard InChI is InChI=1S/C11H13N3O3/c1-14(11(15)16)6-10-12-8-4-3-7(17-2)5-9(8)13-10/h3-5H,6H2,1-2H3,(H,12,13)(H,15,16). The van der Waals surface area contributed by atoms with Gasteiger partial charge in [-0.05, 0) is 12.1 Å². The topological polar surface area (TPSA) is 78.4 Å². The third kappa shape index (κ3) is 2.30. The Labute approximate surface area is 97.8 Å². The number of H-pyrrole nitrogens is 1. The molecule has 0 saturated heterocycles. The van der Waals surface area contributed by atoms with E-state index in [-0.39, 0.29) is 6.54 Å². The van der Waals surface area contributed by atoms with E-state index in [4.69, 9.17) is 9.84 Å². The molecule has 1 aromatic heterocycles. The lowest BCUT2D eigenvalue weighted by molar-refractivity contribution is 0.153. The molecule has 1 amide bonds. The van der Waals surface area contributed by atoms with Gasteiger partial charge in [-0.1, -0.05) is 0 Å². The highest BCUT2D eigenvalue weighted by Gasteiger charge is 2.10. The summed E-state index contributed by atoms with van der Waals surface area (Å²) in [5.41, 5.74) is 1.62. The number of carboxylic acid groups (broad SMARTS) is 1. The number of aromatic amines is 1. The molecule has 6 heteroatoms. The molecule has 0 saturated carbocycles. The number of hydrogen-bond acceptors (Lipinski definition) is 3. The number of methoxy groups -OCH3 is 1. The second-order valence-electron chi connectivity index (χ2n) is 3.71. The summed E-state index contributed by atoms with van der Waals surface area (Å²) in [7, 11) is 3.09. The van der Waals surface area contributed by atoms with Crippen LogP contribution in [0.4, 0.5) is 4.79 Å². The highest BCUT2D eigenvalue weighted by molar-refractivity contribution is 5.76. The van der Waals surface area contributed by atoms with Crippen molar-refractivity contribution in [2.24, 2.45) is 0 Å². The van der Waals surface area contributed by atoms with Crippen molar-refractivity contribution in [2.75, 3.05) is 14.2 Å². The van der Waals surface area contributed by atoms with Gasteiger partial charge < -0.3 is 19.7 Å². The molecule has 0 aliphatic rings. The van der Waals surface area contributed by atoms with Crippen LogP contribution in [0.1, 0.15) is 5.82 Å². The molecular weight excluding hydrogens is 222 g/mol. The molecule has 2 N–H and O–H groups in total. The second-order valence-corrected chi connectivity index (χ2v) is 3.71. The van der Waals surface area contributed by atoms with Crippen LogP contribution in [-0.4, -0.2) is 40.2 Å². The normalized spacial score (nSPS) is 10.5. The first-order valence-corrected chi connectivity index (χ1v) is 5.07. The molecule has 0 bridgehead atoms. The molecule has 6 nitrogen and oxygen atoms in total. The first kappa shape index (κ1) is 11.3. The monoisotopic (exact) mass is 235 g/mol. The van der Waals surface area contributed by atoms with E-state index in [1.807, 2.05) is 18.2 Å². The molecule has 2 rings (SSSR count). The number of amides is 1. The maximum absolute atomic E-state index is 10.7. The molecule has 1 heterocycles. The Morgan fingerprint density at radius 3 is 3.00 bits per heavy atom. The third-order valence-electron chi connectivity index (χ3n) is 2.45. The van der Waals surface area contributed by atoms with Crippen LogP contribution in [0.3, 0.4) is 0 Å². The smallest absolute Gasteiger partial charge is 0.407 e. The summed E-state index contributed by atoms with van der Waals surface area (Å²) in [6, 6.07) is 5.47. The van der Waals surface area contributed by atoms with Gasteiger partial charge in [0.25, 0.3) is 0 Å². The van der Waals surface area contributed by atoms with E-state index in [0.717, 1.165) is 21.7 Å². The average Bonchev–Trinajstić information content (AvgIpc) is 2.69. The lowest BCUT2D eigenvalue weighted by atomic mass is 10.3. The predicted octanol–water partition coefficient (Wildman–Crippen LogP) is 1.68.